The summed E-state index contributed by atoms with van der Waals surface area (Å²) in [7, 11) is 1.59. The smallest absolute Gasteiger partial charge is 0.257 e. The van der Waals surface area contributed by atoms with E-state index < -0.39 is 0 Å². The lowest BCUT2D eigenvalue weighted by Crippen LogP contribution is -2.33. The molecule has 5 rings (SSSR count). The van der Waals surface area contributed by atoms with E-state index in [4.69, 9.17) is 14.2 Å². The number of anilines is 2. The Labute approximate surface area is 210 Å². The van der Waals surface area contributed by atoms with E-state index in [-0.39, 0.29) is 24.4 Å². The Morgan fingerprint density at radius 1 is 0.972 bits per heavy atom. The molecule has 1 atom stereocenters. The summed E-state index contributed by atoms with van der Waals surface area (Å²) in [6.45, 7) is 2.15. The zero-order chi connectivity index (χ0) is 24.9. The van der Waals surface area contributed by atoms with Crippen LogP contribution in [-0.4, -0.2) is 50.1 Å². The highest BCUT2D eigenvalue weighted by Crippen LogP contribution is 2.38. The first-order valence-electron chi connectivity index (χ1n) is 12.1. The summed E-state index contributed by atoms with van der Waals surface area (Å²) in [5, 5.41) is 5.81. The molecule has 2 N–H and O–H groups in total. The average molecular weight is 488 g/mol. The molecule has 2 aliphatic rings. The van der Waals surface area contributed by atoms with Crippen LogP contribution < -0.4 is 24.8 Å². The molecular weight excluding hydrogens is 458 g/mol. The SMILES string of the molecule is COc1ccc(NC(=O)c2ccccc2NC(=O)CN2CCC[C@@H]2c2ccc3c(c2)OCCO3)cc1. The topological polar surface area (TPSA) is 89.1 Å². The standard InChI is InChI=1S/C28H29N3O5/c1-34-21-11-9-20(10-12-21)29-28(33)22-5-2-3-6-23(22)30-27(32)18-31-14-4-7-24(31)19-8-13-25-26(17-19)36-16-15-35-25/h2-3,5-6,8-13,17,24H,4,7,14-16,18H2,1H3,(H,29,33)(H,30,32)/t24-/m1/s1. The van der Waals surface area contributed by atoms with Gasteiger partial charge in [-0.3, -0.25) is 14.5 Å². The molecule has 36 heavy (non-hydrogen) atoms. The maximum absolute atomic E-state index is 13.0. The van der Waals surface area contributed by atoms with Gasteiger partial charge in [-0.1, -0.05) is 18.2 Å². The molecule has 0 unspecified atom stereocenters. The third-order valence-corrected chi connectivity index (χ3v) is 6.46. The van der Waals surface area contributed by atoms with Crippen LogP contribution in [0.2, 0.25) is 0 Å². The van der Waals surface area contributed by atoms with Crippen molar-refractivity contribution in [2.45, 2.75) is 18.9 Å². The van der Waals surface area contributed by atoms with Crippen LogP contribution in [0.1, 0.15) is 34.8 Å². The van der Waals surface area contributed by atoms with Crippen LogP contribution >= 0.6 is 0 Å². The van der Waals surface area contributed by atoms with Crippen molar-refractivity contribution in [3.63, 3.8) is 0 Å². The van der Waals surface area contributed by atoms with Crippen LogP contribution in [0, 0.1) is 0 Å². The van der Waals surface area contributed by atoms with Gasteiger partial charge in [-0.25, -0.2) is 0 Å². The van der Waals surface area contributed by atoms with E-state index in [2.05, 4.69) is 15.5 Å². The number of carbonyl (C=O) groups is 2. The molecular formula is C28H29N3O5. The van der Waals surface area contributed by atoms with Gasteiger partial charge in [0.2, 0.25) is 5.91 Å². The molecule has 0 radical (unpaired) electrons. The van der Waals surface area contributed by atoms with E-state index in [1.54, 1.807) is 55.6 Å². The zero-order valence-corrected chi connectivity index (χ0v) is 20.2. The van der Waals surface area contributed by atoms with E-state index in [1.165, 1.54) is 0 Å². The Hall–Kier alpha value is -4.04. The van der Waals surface area contributed by atoms with Gasteiger partial charge in [-0.2, -0.15) is 0 Å². The Kier molecular flexibility index (Phi) is 7.04. The maximum Gasteiger partial charge on any atom is 0.257 e. The second-order valence-corrected chi connectivity index (χ2v) is 8.81. The number of hydrogen-bond acceptors (Lipinski definition) is 6. The van der Waals surface area contributed by atoms with Crippen LogP contribution in [0.3, 0.4) is 0 Å². The molecule has 3 aromatic rings. The highest BCUT2D eigenvalue weighted by molar-refractivity contribution is 6.10. The first kappa shape index (κ1) is 23.7. The fourth-order valence-corrected chi connectivity index (χ4v) is 4.70. The molecule has 1 saturated heterocycles. The molecule has 8 nitrogen and oxygen atoms in total. The minimum Gasteiger partial charge on any atom is -0.497 e. The number of methoxy groups -OCH3 is 1. The molecule has 186 valence electrons. The molecule has 2 aliphatic heterocycles. The zero-order valence-electron chi connectivity index (χ0n) is 20.2. The van der Waals surface area contributed by atoms with Gasteiger partial charge in [0.25, 0.3) is 5.91 Å². The van der Waals surface area contributed by atoms with E-state index in [0.29, 0.717) is 35.9 Å². The number of hydrogen-bond donors (Lipinski definition) is 2. The van der Waals surface area contributed by atoms with Crippen molar-refractivity contribution in [1.82, 2.24) is 4.90 Å². The molecule has 8 heteroatoms. The summed E-state index contributed by atoms with van der Waals surface area (Å²) < 4.78 is 16.5. The number of likely N-dealkylation sites (tertiary alicyclic amines) is 1. The largest absolute Gasteiger partial charge is 0.497 e. The molecule has 0 bridgehead atoms. The number of nitrogens with one attached hydrogen (secondary N) is 2. The van der Waals surface area contributed by atoms with Crippen LogP contribution in [-0.2, 0) is 4.79 Å². The summed E-state index contributed by atoms with van der Waals surface area (Å²) in [5.74, 6) is 1.76. The number of amides is 2. The molecule has 0 aromatic heterocycles. The minimum absolute atomic E-state index is 0.125. The normalized spacial score (nSPS) is 16.9. The van der Waals surface area contributed by atoms with E-state index in [9.17, 15) is 9.59 Å². The fraction of sp³-hybridized carbons (Fsp3) is 0.286. The molecule has 0 spiro atoms. The van der Waals surface area contributed by atoms with Crippen molar-refractivity contribution in [1.29, 1.82) is 0 Å². The lowest BCUT2D eigenvalue weighted by atomic mass is 10.0. The summed E-state index contributed by atoms with van der Waals surface area (Å²) >= 11 is 0. The van der Waals surface area contributed by atoms with Gasteiger partial charge >= 0.3 is 0 Å². The van der Waals surface area contributed by atoms with Gasteiger partial charge in [-0.05, 0) is 73.5 Å². The Balaban J connectivity index is 1.24. The fourth-order valence-electron chi connectivity index (χ4n) is 4.70. The summed E-state index contributed by atoms with van der Waals surface area (Å²) in [6, 6.07) is 20.2. The van der Waals surface area contributed by atoms with Crippen molar-refractivity contribution < 1.29 is 23.8 Å². The second kappa shape index (κ2) is 10.7. The number of nitrogens with zero attached hydrogens (tertiary/aromatic N) is 1. The van der Waals surface area contributed by atoms with Crippen LogP contribution in [0.5, 0.6) is 17.2 Å². The second-order valence-electron chi connectivity index (χ2n) is 8.81. The van der Waals surface area contributed by atoms with Crippen molar-refractivity contribution >= 4 is 23.2 Å². The number of benzene rings is 3. The quantitative estimate of drug-likeness (QED) is 0.510. The number of ether oxygens (including phenoxy) is 3. The molecule has 2 heterocycles. The van der Waals surface area contributed by atoms with Crippen molar-refractivity contribution in [3.8, 4) is 17.2 Å². The van der Waals surface area contributed by atoms with Crippen LogP contribution in [0.4, 0.5) is 11.4 Å². The van der Waals surface area contributed by atoms with Crippen LogP contribution in [0.25, 0.3) is 0 Å². The van der Waals surface area contributed by atoms with Crippen molar-refractivity contribution in [2.75, 3.05) is 44.0 Å². The Bertz CT molecular complexity index is 1240. The minimum atomic E-state index is -0.300. The van der Waals surface area contributed by atoms with Gasteiger partial charge in [-0.15, -0.1) is 0 Å². The number of fused-ring (bicyclic) bond motifs is 1. The molecule has 1 fully saturated rings. The van der Waals surface area contributed by atoms with Gasteiger partial charge in [0.15, 0.2) is 11.5 Å². The lowest BCUT2D eigenvalue weighted by Gasteiger charge is -2.26. The monoisotopic (exact) mass is 487 g/mol. The number of carbonyl (C=O) groups excluding carboxylic acids is 2. The average Bonchev–Trinajstić information content (AvgIpc) is 3.37. The summed E-state index contributed by atoms with van der Waals surface area (Å²) in [5.41, 5.74) is 2.63. The number of para-hydroxylation sites is 1. The maximum atomic E-state index is 13.0. The third-order valence-electron chi connectivity index (χ3n) is 6.46. The van der Waals surface area contributed by atoms with E-state index in [0.717, 1.165) is 36.4 Å². The van der Waals surface area contributed by atoms with E-state index in [1.807, 2.05) is 18.2 Å². The van der Waals surface area contributed by atoms with E-state index >= 15 is 0 Å². The molecule has 2 amide bonds. The molecule has 3 aromatic carbocycles. The van der Waals surface area contributed by atoms with Crippen LogP contribution in [0.15, 0.2) is 66.7 Å². The third kappa shape index (κ3) is 5.28. The predicted octanol–water partition coefficient (Wildman–Crippen LogP) is 4.49. The van der Waals surface area contributed by atoms with Crippen molar-refractivity contribution in [3.05, 3.63) is 77.9 Å². The Morgan fingerprint density at radius 2 is 1.75 bits per heavy atom. The molecule has 0 saturated carbocycles. The Morgan fingerprint density at radius 3 is 2.56 bits per heavy atom. The van der Waals surface area contributed by atoms with Gasteiger partial charge < -0.3 is 24.8 Å². The van der Waals surface area contributed by atoms with Gasteiger partial charge in [0.1, 0.15) is 19.0 Å². The first-order valence-corrected chi connectivity index (χ1v) is 12.1. The lowest BCUT2D eigenvalue weighted by molar-refractivity contribution is -0.117. The van der Waals surface area contributed by atoms with Gasteiger partial charge in [0, 0.05) is 11.7 Å². The molecule has 0 aliphatic carbocycles. The van der Waals surface area contributed by atoms with Crippen molar-refractivity contribution in [2.24, 2.45) is 0 Å². The first-order chi connectivity index (χ1) is 17.6. The summed E-state index contributed by atoms with van der Waals surface area (Å²) in [4.78, 5) is 28.1. The highest BCUT2D eigenvalue weighted by Gasteiger charge is 2.29. The number of rotatable bonds is 7. The predicted molar refractivity (Wildman–Crippen MR) is 137 cm³/mol. The summed E-state index contributed by atoms with van der Waals surface area (Å²) in [6.07, 6.45) is 1.97. The van der Waals surface area contributed by atoms with Gasteiger partial charge in [0.05, 0.1) is 24.9 Å². The highest BCUT2D eigenvalue weighted by atomic mass is 16.6.